The maximum atomic E-state index is 11.6. The van der Waals surface area contributed by atoms with Crippen LogP contribution in [0.2, 0.25) is 0 Å². The monoisotopic (exact) mass is 195 g/mol. The number of fused-ring (bicyclic) bond motifs is 1. The molecule has 1 heterocycles. The Labute approximate surface area is 84.7 Å². The van der Waals surface area contributed by atoms with E-state index in [4.69, 9.17) is 4.74 Å². The summed E-state index contributed by atoms with van der Waals surface area (Å²) < 4.78 is 5.28. The minimum absolute atomic E-state index is 0.183. The Balaban J connectivity index is 1.87. The number of carbonyl (C=O) groups excluding carboxylic acids is 1. The molecule has 2 aliphatic rings. The van der Waals surface area contributed by atoms with Crippen LogP contribution >= 0.6 is 0 Å². The number of carbonyl (C=O) groups is 1. The quantitative estimate of drug-likeness (QED) is 0.553. The predicted octanol–water partition coefficient (Wildman–Crippen LogP) is 2.04. The number of nitrogens with zero attached hydrogens (tertiary/aromatic N) is 1. The second-order valence-electron chi connectivity index (χ2n) is 5.17. The minimum Gasteiger partial charge on any atom is -0.444 e. The molecule has 0 aromatic carbocycles. The Hall–Kier alpha value is -0.990. The highest BCUT2D eigenvalue weighted by Gasteiger charge is 2.51. The predicted molar refractivity (Wildman–Crippen MR) is 53.9 cm³/mol. The Morgan fingerprint density at radius 1 is 1.43 bits per heavy atom. The van der Waals surface area contributed by atoms with Crippen molar-refractivity contribution in [2.75, 3.05) is 13.1 Å². The van der Waals surface area contributed by atoms with Crippen LogP contribution in [0.4, 0.5) is 4.79 Å². The lowest BCUT2D eigenvalue weighted by Crippen LogP contribution is -2.36. The molecule has 0 spiro atoms. The summed E-state index contributed by atoms with van der Waals surface area (Å²) in [4.78, 5) is 13.4. The minimum atomic E-state index is -0.388. The average Bonchev–Trinajstić information content (AvgIpc) is 2.47. The van der Waals surface area contributed by atoms with E-state index in [0.717, 1.165) is 13.1 Å². The van der Waals surface area contributed by atoms with Crippen LogP contribution in [0.5, 0.6) is 0 Å². The van der Waals surface area contributed by atoms with E-state index in [1.165, 1.54) is 5.57 Å². The van der Waals surface area contributed by atoms with E-state index in [1.807, 2.05) is 20.8 Å². The average molecular weight is 195 g/mol. The highest BCUT2D eigenvalue weighted by atomic mass is 16.6. The molecule has 1 aliphatic carbocycles. The van der Waals surface area contributed by atoms with Crippen LogP contribution in [-0.4, -0.2) is 29.7 Å². The first-order valence-electron chi connectivity index (χ1n) is 5.05. The van der Waals surface area contributed by atoms with Gasteiger partial charge in [0.1, 0.15) is 5.60 Å². The van der Waals surface area contributed by atoms with Crippen molar-refractivity contribution in [1.82, 2.24) is 4.90 Å². The van der Waals surface area contributed by atoms with Gasteiger partial charge in [0.2, 0.25) is 0 Å². The van der Waals surface area contributed by atoms with Gasteiger partial charge in [-0.15, -0.1) is 0 Å². The molecule has 0 aromatic heterocycles. The molecule has 14 heavy (non-hydrogen) atoms. The van der Waals surface area contributed by atoms with Crippen LogP contribution in [0.25, 0.3) is 0 Å². The summed E-state index contributed by atoms with van der Waals surface area (Å²) >= 11 is 0. The number of rotatable bonds is 0. The maximum absolute atomic E-state index is 11.6. The van der Waals surface area contributed by atoms with E-state index < -0.39 is 0 Å². The number of piperidine rings is 1. The van der Waals surface area contributed by atoms with Gasteiger partial charge < -0.3 is 9.64 Å². The van der Waals surface area contributed by atoms with Crippen molar-refractivity contribution in [3.05, 3.63) is 12.2 Å². The number of likely N-dealkylation sites (tertiary alicyclic amines) is 1. The van der Waals surface area contributed by atoms with Gasteiger partial charge in [0.25, 0.3) is 0 Å². The summed E-state index contributed by atoms with van der Waals surface area (Å²) in [5.74, 6) is 1.12. The molecular formula is C11H17NO2. The van der Waals surface area contributed by atoms with Crippen molar-refractivity contribution in [2.24, 2.45) is 11.8 Å². The highest BCUT2D eigenvalue weighted by Crippen LogP contribution is 2.49. The summed E-state index contributed by atoms with van der Waals surface area (Å²) in [5.41, 5.74) is 0.922. The fourth-order valence-corrected chi connectivity index (χ4v) is 1.96. The van der Waals surface area contributed by atoms with Crippen molar-refractivity contribution >= 4 is 6.09 Å². The molecule has 0 aromatic rings. The van der Waals surface area contributed by atoms with Crippen LogP contribution in [0.15, 0.2) is 12.2 Å². The van der Waals surface area contributed by atoms with Crippen molar-refractivity contribution in [1.29, 1.82) is 0 Å². The number of hydrogen-bond acceptors (Lipinski definition) is 2. The number of ether oxygens (including phenoxy) is 1. The standard InChI is InChI=1S/C11H17NO2/c1-7-8-5-12(6-9(7)8)10(13)14-11(2,3)4/h8-9H,1,5-6H2,2-4H3/t8-,9+. The van der Waals surface area contributed by atoms with Gasteiger partial charge in [0, 0.05) is 24.9 Å². The highest BCUT2D eigenvalue weighted by molar-refractivity contribution is 5.69. The second-order valence-corrected chi connectivity index (χ2v) is 5.17. The third-order valence-electron chi connectivity index (χ3n) is 2.81. The molecule has 1 amide bonds. The largest absolute Gasteiger partial charge is 0.444 e. The Morgan fingerprint density at radius 3 is 2.36 bits per heavy atom. The van der Waals surface area contributed by atoms with E-state index in [-0.39, 0.29) is 11.7 Å². The van der Waals surface area contributed by atoms with Gasteiger partial charge in [-0.25, -0.2) is 4.79 Å². The normalized spacial score (nSPS) is 30.2. The smallest absolute Gasteiger partial charge is 0.410 e. The Kier molecular flexibility index (Phi) is 1.88. The van der Waals surface area contributed by atoms with E-state index in [1.54, 1.807) is 4.90 Å². The molecule has 0 unspecified atom stereocenters. The fourth-order valence-electron chi connectivity index (χ4n) is 1.96. The van der Waals surface area contributed by atoms with Crippen LogP contribution < -0.4 is 0 Å². The summed E-state index contributed by atoms with van der Waals surface area (Å²) in [6.45, 7) is 11.2. The van der Waals surface area contributed by atoms with Gasteiger partial charge in [0.05, 0.1) is 0 Å². The van der Waals surface area contributed by atoms with Crippen LogP contribution in [0.1, 0.15) is 20.8 Å². The molecule has 3 nitrogen and oxygen atoms in total. The zero-order chi connectivity index (χ0) is 10.5. The topological polar surface area (TPSA) is 29.5 Å². The van der Waals surface area contributed by atoms with Gasteiger partial charge in [-0.2, -0.15) is 0 Å². The molecule has 0 bridgehead atoms. The van der Waals surface area contributed by atoms with Crippen molar-refractivity contribution in [3.8, 4) is 0 Å². The molecule has 78 valence electrons. The molecule has 3 heteroatoms. The summed E-state index contributed by atoms with van der Waals surface area (Å²) in [7, 11) is 0. The summed E-state index contributed by atoms with van der Waals surface area (Å²) in [6, 6.07) is 0. The van der Waals surface area contributed by atoms with E-state index >= 15 is 0 Å². The molecule has 1 aliphatic heterocycles. The maximum Gasteiger partial charge on any atom is 0.410 e. The lowest BCUT2D eigenvalue weighted by Gasteiger charge is -2.25. The first-order chi connectivity index (χ1) is 6.38. The summed E-state index contributed by atoms with van der Waals surface area (Å²) in [6.07, 6.45) is -0.183. The second kappa shape index (κ2) is 2.75. The molecule has 0 radical (unpaired) electrons. The molecule has 2 fully saturated rings. The number of hydrogen-bond donors (Lipinski definition) is 0. The van der Waals surface area contributed by atoms with Crippen molar-refractivity contribution < 1.29 is 9.53 Å². The SMILES string of the molecule is C=C1[C@H]2CN(C(=O)OC(C)(C)C)C[C@@H]12. The molecular weight excluding hydrogens is 178 g/mol. The lowest BCUT2D eigenvalue weighted by atomic mass is 10.2. The van der Waals surface area contributed by atoms with E-state index in [0.29, 0.717) is 11.8 Å². The van der Waals surface area contributed by atoms with E-state index in [9.17, 15) is 4.79 Å². The molecule has 1 saturated carbocycles. The summed E-state index contributed by atoms with van der Waals surface area (Å²) in [5, 5.41) is 0. The lowest BCUT2D eigenvalue weighted by molar-refractivity contribution is 0.0280. The molecule has 2 rings (SSSR count). The third kappa shape index (κ3) is 1.63. The van der Waals surface area contributed by atoms with Gasteiger partial charge in [0.15, 0.2) is 0 Å². The van der Waals surface area contributed by atoms with Crippen LogP contribution in [0.3, 0.4) is 0 Å². The fraction of sp³-hybridized carbons (Fsp3) is 0.727. The number of amides is 1. The van der Waals surface area contributed by atoms with E-state index in [2.05, 4.69) is 6.58 Å². The van der Waals surface area contributed by atoms with Gasteiger partial charge in [-0.05, 0) is 20.8 Å². The molecule has 2 atom stereocenters. The zero-order valence-corrected chi connectivity index (χ0v) is 9.04. The van der Waals surface area contributed by atoms with Gasteiger partial charge in [-0.3, -0.25) is 0 Å². The van der Waals surface area contributed by atoms with Gasteiger partial charge in [-0.1, -0.05) is 12.2 Å². The first-order valence-corrected chi connectivity index (χ1v) is 5.05. The zero-order valence-electron chi connectivity index (χ0n) is 9.04. The van der Waals surface area contributed by atoms with Crippen LogP contribution in [-0.2, 0) is 4.74 Å². The van der Waals surface area contributed by atoms with Crippen molar-refractivity contribution in [2.45, 2.75) is 26.4 Å². The third-order valence-corrected chi connectivity index (χ3v) is 2.81. The van der Waals surface area contributed by atoms with Crippen molar-refractivity contribution in [3.63, 3.8) is 0 Å². The Morgan fingerprint density at radius 2 is 1.93 bits per heavy atom. The molecule has 0 N–H and O–H groups in total. The first kappa shape index (κ1) is 9.56. The molecule has 1 saturated heterocycles. The van der Waals surface area contributed by atoms with Crippen LogP contribution in [0, 0.1) is 11.8 Å². The van der Waals surface area contributed by atoms with Gasteiger partial charge >= 0.3 is 6.09 Å². The Bertz CT molecular complexity index is 276.